The summed E-state index contributed by atoms with van der Waals surface area (Å²) in [5, 5.41) is 18.2. The van der Waals surface area contributed by atoms with E-state index in [0.717, 1.165) is 6.42 Å². The first-order valence-electron chi connectivity index (χ1n) is 10.5. The molecule has 3 atom stereocenters. The van der Waals surface area contributed by atoms with Crippen molar-refractivity contribution in [3.63, 3.8) is 0 Å². The molecule has 0 aromatic rings. The van der Waals surface area contributed by atoms with Gasteiger partial charge in [-0.05, 0) is 32.1 Å². The fourth-order valence-electron chi connectivity index (χ4n) is 2.78. The molecule has 0 aromatic heterocycles. The molecule has 0 heterocycles. The highest BCUT2D eigenvalue weighted by molar-refractivity contribution is 7.17. The van der Waals surface area contributed by atoms with Gasteiger partial charge in [-0.25, -0.2) is 0 Å². The number of aliphatic hydroxyl groups excluding tert-OH is 2. The van der Waals surface area contributed by atoms with Gasteiger partial charge in [0.15, 0.2) is 0 Å². The van der Waals surface area contributed by atoms with Crippen LogP contribution in [-0.2, 0) is 4.74 Å². The maximum absolute atomic E-state index is 9.36. The van der Waals surface area contributed by atoms with Gasteiger partial charge in [-0.15, -0.1) is 9.24 Å². The van der Waals surface area contributed by atoms with Crippen molar-refractivity contribution in [1.82, 2.24) is 0 Å². The van der Waals surface area contributed by atoms with E-state index in [9.17, 15) is 5.11 Å². The van der Waals surface area contributed by atoms with Crippen LogP contribution in [0, 0.1) is 0 Å². The average Bonchev–Trinajstić information content (AvgIpc) is 2.63. The van der Waals surface area contributed by atoms with Crippen molar-refractivity contribution < 1.29 is 14.9 Å². The van der Waals surface area contributed by atoms with Crippen LogP contribution >= 0.6 is 9.24 Å². The summed E-state index contributed by atoms with van der Waals surface area (Å²) in [5.74, 6) is -0.354. The summed E-state index contributed by atoms with van der Waals surface area (Å²) in [7, 11) is 2.43. The quantitative estimate of drug-likeness (QED) is 0.176. The molecule has 0 amide bonds. The summed E-state index contributed by atoms with van der Waals surface area (Å²) >= 11 is 0. The van der Waals surface area contributed by atoms with Crippen molar-refractivity contribution >= 4 is 9.24 Å². The molecule has 0 radical (unpaired) electrons. The van der Waals surface area contributed by atoms with Crippen LogP contribution in [0.3, 0.4) is 0 Å². The lowest BCUT2D eigenvalue weighted by Crippen LogP contribution is -2.27. The zero-order chi connectivity index (χ0) is 18.6. The van der Waals surface area contributed by atoms with Gasteiger partial charge in [-0.3, -0.25) is 0 Å². The van der Waals surface area contributed by atoms with Crippen LogP contribution < -0.4 is 0 Å². The molecule has 2 N–H and O–H groups in total. The average molecular weight is 375 g/mol. The van der Waals surface area contributed by atoms with Crippen LogP contribution in [0.25, 0.3) is 0 Å². The van der Waals surface area contributed by atoms with E-state index >= 15 is 0 Å². The van der Waals surface area contributed by atoms with Gasteiger partial charge in [0.05, 0.1) is 12.5 Å². The molecular formula is C21H43O3P. The van der Waals surface area contributed by atoms with E-state index in [1.165, 1.54) is 83.5 Å². The predicted molar refractivity (Wildman–Crippen MR) is 112 cm³/mol. The van der Waals surface area contributed by atoms with Crippen molar-refractivity contribution in [2.75, 3.05) is 13.2 Å². The van der Waals surface area contributed by atoms with E-state index in [1.807, 2.05) is 0 Å². The molecule has 0 bridgehead atoms. The number of unbranched alkanes of at least 4 members (excludes halogenated alkanes) is 12. The van der Waals surface area contributed by atoms with Gasteiger partial charge < -0.3 is 14.9 Å². The second-order valence-electron chi connectivity index (χ2n) is 7.02. The summed E-state index contributed by atoms with van der Waals surface area (Å²) in [6.45, 7) is 2.68. The van der Waals surface area contributed by atoms with Crippen LogP contribution in [0.5, 0.6) is 0 Å². The molecule has 0 aliphatic carbocycles. The lowest BCUT2D eigenvalue weighted by atomic mass is 10.1. The first-order chi connectivity index (χ1) is 12.2. The topological polar surface area (TPSA) is 49.7 Å². The molecule has 25 heavy (non-hydrogen) atoms. The second kappa shape index (κ2) is 20.4. The minimum absolute atomic E-state index is 0.248. The maximum Gasteiger partial charge on any atom is 0.107 e. The van der Waals surface area contributed by atoms with E-state index in [-0.39, 0.29) is 12.5 Å². The first-order valence-corrected chi connectivity index (χ1v) is 11.2. The third kappa shape index (κ3) is 18.6. The summed E-state index contributed by atoms with van der Waals surface area (Å²) in [6, 6.07) is 0. The Hall–Kier alpha value is 0.0500. The molecule has 3 nitrogen and oxygen atoms in total. The van der Waals surface area contributed by atoms with Gasteiger partial charge in [0.25, 0.3) is 0 Å². The highest BCUT2D eigenvalue weighted by Crippen LogP contribution is 2.12. The lowest BCUT2D eigenvalue weighted by Gasteiger charge is -2.17. The van der Waals surface area contributed by atoms with Gasteiger partial charge in [-0.2, -0.15) is 0 Å². The molecule has 150 valence electrons. The minimum Gasteiger partial charge on any atom is -0.394 e. The number of hydrogen-bond acceptors (Lipinski definition) is 3. The van der Waals surface area contributed by atoms with Crippen molar-refractivity contribution in [2.45, 2.75) is 109 Å². The molecule has 0 aromatic carbocycles. The van der Waals surface area contributed by atoms with Crippen molar-refractivity contribution in [3.8, 4) is 0 Å². The van der Waals surface area contributed by atoms with E-state index in [1.54, 1.807) is 0 Å². The Morgan fingerprint density at radius 3 is 1.80 bits per heavy atom. The fourth-order valence-corrected chi connectivity index (χ4v) is 3.04. The number of rotatable bonds is 19. The molecule has 0 saturated heterocycles. The molecule has 0 aliphatic rings. The summed E-state index contributed by atoms with van der Waals surface area (Å²) < 4.78 is 5.46. The third-order valence-electron chi connectivity index (χ3n) is 4.53. The van der Waals surface area contributed by atoms with E-state index in [2.05, 4.69) is 28.3 Å². The molecule has 0 spiro atoms. The lowest BCUT2D eigenvalue weighted by molar-refractivity contribution is -0.0144. The Morgan fingerprint density at radius 2 is 1.28 bits per heavy atom. The van der Waals surface area contributed by atoms with Crippen LogP contribution in [0.2, 0.25) is 0 Å². The molecule has 0 aliphatic heterocycles. The van der Waals surface area contributed by atoms with E-state index in [4.69, 9.17) is 9.84 Å². The molecular weight excluding hydrogens is 331 g/mol. The smallest absolute Gasteiger partial charge is 0.107 e. The van der Waals surface area contributed by atoms with Gasteiger partial charge in [0.2, 0.25) is 0 Å². The monoisotopic (exact) mass is 374 g/mol. The number of ether oxygens (including phenoxy) is 1. The Bertz CT molecular complexity index is 284. The molecule has 0 fully saturated rings. The highest BCUT2D eigenvalue weighted by atomic mass is 31.0. The van der Waals surface area contributed by atoms with Gasteiger partial charge >= 0.3 is 0 Å². The zero-order valence-corrected chi connectivity index (χ0v) is 17.7. The predicted octanol–water partition coefficient (Wildman–Crippen LogP) is 5.59. The number of allylic oxidation sites excluding steroid dienone is 2. The van der Waals surface area contributed by atoms with Crippen molar-refractivity contribution in [2.24, 2.45) is 0 Å². The summed E-state index contributed by atoms with van der Waals surface area (Å²) in [6.07, 6.45) is 22.1. The minimum atomic E-state index is -0.792. The van der Waals surface area contributed by atoms with Crippen molar-refractivity contribution in [1.29, 1.82) is 0 Å². The van der Waals surface area contributed by atoms with Crippen LogP contribution in [0.1, 0.15) is 96.8 Å². The van der Waals surface area contributed by atoms with Gasteiger partial charge in [0, 0.05) is 6.61 Å². The first kappa shape index (κ1) is 25.1. The normalized spacial score (nSPS) is 14.2. The fraction of sp³-hybridized carbons (Fsp3) is 0.905. The summed E-state index contributed by atoms with van der Waals surface area (Å²) in [5.41, 5.74) is 0. The highest BCUT2D eigenvalue weighted by Gasteiger charge is 2.12. The van der Waals surface area contributed by atoms with E-state index in [0.29, 0.717) is 6.61 Å². The molecule has 0 rings (SSSR count). The standard InChI is InChI=1S/C21H43O3P/c1-2-3-4-5-6-7-8-9-10-11-12-13-14-15-16-17-18-24-21(25)20(23)19-22/h9-10,20-23H,2-8,11-19,25H2,1H3. The third-order valence-corrected chi connectivity index (χ3v) is 5.17. The number of hydrogen-bond donors (Lipinski definition) is 2. The largest absolute Gasteiger partial charge is 0.394 e. The Kier molecular flexibility index (Phi) is 20.4. The van der Waals surface area contributed by atoms with Crippen LogP contribution in [-0.4, -0.2) is 35.4 Å². The zero-order valence-electron chi connectivity index (χ0n) is 16.5. The summed E-state index contributed by atoms with van der Waals surface area (Å²) in [4.78, 5) is 0. The Balaban J connectivity index is 3.17. The van der Waals surface area contributed by atoms with Crippen molar-refractivity contribution in [3.05, 3.63) is 12.2 Å². The van der Waals surface area contributed by atoms with Crippen LogP contribution in [0.15, 0.2) is 12.2 Å². The van der Waals surface area contributed by atoms with Crippen LogP contribution in [0.4, 0.5) is 0 Å². The molecule has 0 saturated carbocycles. The molecule has 4 heteroatoms. The van der Waals surface area contributed by atoms with Gasteiger partial charge in [0.1, 0.15) is 6.10 Å². The Labute approximate surface area is 158 Å². The Morgan fingerprint density at radius 1 is 0.800 bits per heavy atom. The molecule has 3 unspecified atom stereocenters. The second-order valence-corrected chi connectivity index (χ2v) is 7.68. The number of aliphatic hydroxyl groups is 2. The SMILES string of the molecule is CCCCCCCCC=CCCCCCCCCOC(P)C(O)CO. The maximum atomic E-state index is 9.36. The van der Waals surface area contributed by atoms with Gasteiger partial charge in [-0.1, -0.05) is 76.9 Å². The van der Waals surface area contributed by atoms with E-state index < -0.39 is 6.10 Å².